The number of benzene rings is 2. The van der Waals surface area contributed by atoms with E-state index in [2.05, 4.69) is 27.6 Å². The molecule has 0 saturated heterocycles. The van der Waals surface area contributed by atoms with E-state index in [1.54, 1.807) is 0 Å². The van der Waals surface area contributed by atoms with Gasteiger partial charge in [-0.05, 0) is 34.7 Å². The standard InChI is InChI=1S/C15H10INO/c16-14-13(11-7-3-1-4-8-11)18-15(17-14)12-9-5-2-6-10-12/h1-10H. The molecule has 0 aliphatic carbocycles. The Morgan fingerprint density at radius 2 is 1.33 bits per heavy atom. The van der Waals surface area contributed by atoms with E-state index in [9.17, 15) is 0 Å². The molecule has 0 saturated carbocycles. The van der Waals surface area contributed by atoms with E-state index in [1.807, 2.05) is 60.7 Å². The zero-order chi connectivity index (χ0) is 12.4. The molecule has 0 atom stereocenters. The third kappa shape index (κ3) is 2.18. The summed E-state index contributed by atoms with van der Waals surface area (Å²) in [6.07, 6.45) is 0. The van der Waals surface area contributed by atoms with Gasteiger partial charge in [0.2, 0.25) is 5.89 Å². The van der Waals surface area contributed by atoms with Crippen molar-refractivity contribution in [2.24, 2.45) is 0 Å². The molecule has 2 aromatic carbocycles. The molecule has 3 rings (SSSR count). The Labute approximate surface area is 119 Å². The van der Waals surface area contributed by atoms with Crippen LogP contribution >= 0.6 is 22.6 Å². The smallest absolute Gasteiger partial charge is 0.227 e. The fraction of sp³-hybridized carbons (Fsp3) is 0. The van der Waals surface area contributed by atoms with Crippen molar-refractivity contribution in [3.63, 3.8) is 0 Å². The first-order chi connectivity index (χ1) is 8.84. The lowest BCUT2D eigenvalue weighted by atomic mass is 10.2. The summed E-state index contributed by atoms with van der Waals surface area (Å²) in [5, 5.41) is 0. The van der Waals surface area contributed by atoms with Crippen LogP contribution in [0.1, 0.15) is 0 Å². The van der Waals surface area contributed by atoms with Crippen LogP contribution in [0.4, 0.5) is 0 Å². The molecule has 0 aliphatic heterocycles. The molecule has 2 nitrogen and oxygen atoms in total. The predicted molar refractivity (Wildman–Crippen MR) is 80.1 cm³/mol. The van der Waals surface area contributed by atoms with Gasteiger partial charge in [-0.2, -0.15) is 0 Å². The van der Waals surface area contributed by atoms with Gasteiger partial charge in [0.15, 0.2) is 5.76 Å². The predicted octanol–water partition coefficient (Wildman–Crippen LogP) is 4.61. The van der Waals surface area contributed by atoms with Crippen LogP contribution < -0.4 is 0 Å². The SMILES string of the molecule is Ic1nc(-c2ccccc2)oc1-c1ccccc1. The molecule has 0 aliphatic rings. The quantitative estimate of drug-likeness (QED) is 0.633. The summed E-state index contributed by atoms with van der Waals surface area (Å²) in [7, 11) is 0. The lowest BCUT2D eigenvalue weighted by Crippen LogP contribution is -1.77. The maximum Gasteiger partial charge on any atom is 0.227 e. The van der Waals surface area contributed by atoms with Crippen molar-refractivity contribution in [2.45, 2.75) is 0 Å². The molecule has 18 heavy (non-hydrogen) atoms. The van der Waals surface area contributed by atoms with Crippen LogP contribution in [0.2, 0.25) is 0 Å². The third-order valence-electron chi connectivity index (χ3n) is 2.64. The fourth-order valence-electron chi connectivity index (χ4n) is 1.77. The first-order valence-electron chi connectivity index (χ1n) is 5.62. The van der Waals surface area contributed by atoms with Gasteiger partial charge in [-0.1, -0.05) is 48.5 Å². The van der Waals surface area contributed by atoms with Gasteiger partial charge in [0.25, 0.3) is 0 Å². The number of hydrogen-bond acceptors (Lipinski definition) is 2. The summed E-state index contributed by atoms with van der Waals surface area (Å²) in [5.41, 5.74) is 2.05. The summed E-state index contributed by atoms with van der Waals surface area (Å²) in [6, 6.07) is 20.0. The van der Waals surface area contributed by atoms with Crippen LogP contribution in [-0.2, 0) is 0 Å². The Kier molecular flexibility index (Phi) is 3.15. The number of oxazole rings is 1. The summed E-state index contributed by atoms with van der Waals surface area (Å²) in [6.45, 7) is 0. The molecule has 88 valence electrons. The molecule has 0 unspecified atom stereocenters. The summed E-state index contributed by atoms with van der Waals surface area (Å²) < 4.78 is 6.75. The van der Waals surface area contributed by atoms with E-state index in [-0.39, 0.29) is 0 Å². The zero-order valence-corrected chi connectivity index (χ0v) is 11.7. The van der Waals surface area contributed by atoms with Crippen LogP contribution in [0, 0.1) is 3.70 Å². The van der Waals surface area contributed by atoms with E-state index in [0.717, 1.165) is 20.6 Å². The second-order valence-electron chi connectivity index (χ2n) is 3.87. The Hall–Kier alpha value is -1.62. The molecule has 1 heterocycles. The van der Waals surface area contributed by atoms with Gasteiger partial charge in [-0.25, -0.2) is 4.98 Å². The van der Waals surface area contributed by atoms with Crippen molar-refractivity contribution in [3.05, 3.63) is 64.4 Å². The molecule has 0 N–H and O–H groups in total. The van der Waals surface area contributed by atoms with Crippen LogP contribution in [0.3, 0.4) is 0 Å². The molecule has 0 radical (unpaired) electrons. The monoisotopic (exact) mass is 347 g/mol. The van der Waals surface area contributed by atoms with Gasteiger partial charge in [-0.3, -0.25) is 0 Å². The van der Waals surface area contributed by atoms with Crippen molar-refractivity contribution >= 4 is 22.6 Å². The van der Waals surface area contributed by atoms with Gasteiger partial charge < -0.3 is 4.42 Å². The van der Waals surface area contributed by atoms with Crippen molar-refractivity contribution < 1.29 is 4.42 Å². The lowest BCUT2D eigenvalue weighted by Gasteiger charge is -1.96. The molecule has 0 spiro atoms. The van der Waals surface area contributed by atoms with Crippen LogP contribution in [0.5, 0.6) is 0 Å². The summed E-state index contributed by atoms with van der Waals surface area (Å²) >= 11 is 2.21. The lowest BCUT2D eigenvalue weighted by molar-refractivity contribution is 0.588. The number of aromatic nitrogens is 1. The summed E-state index contributed by atoms with van der Waals surface area (Å²) in [5.74, 6) is 1.49. The maximum absolute atomic E-state index is 5.87. The molecule has 0 amide bonds. The van der Waals surface area contributed by atoms with Crippen molar-refractivity contribution in [1.82, 2.24) is 4.98 Å². The zero-order valence-electron chi connectivity index (χ0n) is 9.51. The number of nitrogens with zero attached hydrogens (tertiary/aromatic N) is 1. The van der Waals surface area contributed by atoms with Crippen LogP contribution in [0.15, 0.2) is 65.1 Å². The van der Waals surface area contributed by atoms with Crippen molar-refractivity contribution in [3.8, 4) is 22.8 Å². The average Bonchev–Trinajstić information content (AvgIpc) is 2.83. The normalized spacial score (nSPS) is 10.5. The third-order valence-corrected chi connectivity index (χ3v) is 3.37. The molecule has 0 fully saturated rings. The minimum absolute atomic E-state index is 0.666. The number of rotatable bonds is 2. The van der Waals surface area contributed by atoms with E-state index in [4.69, 9.17) is 4.42 Å². The van der Waals surface area contributed by atoms with Crippen LogP contribution in [0.25, 0.3) is 22.8 Å². The highest BCUT2D eigenvalue weighted by Gasteiger charge is 2.13. The Balaban J connectivity index is 2.07. The summed E-state index contributed by atoms with van der Waals surface area (Å²) in [4.78, 5) is 4.48. The largest absolute Gasteiger partial charge is 0.435 e. The fourth-order valence-corrected chi connectivity index (χ4v) is 2.41. The second-order valence-corrected chi connectivity index (χ2v) is 4.89. The Bertz CT molecular complexity index is 647. The van der Waals surface area contributed by atoms with Gasteiger partial charge in [0.1, 0.15) is 3.70 Å². The molecule has 1 aromatic heterocycles. The van der Waals surface area contributed by atoms with Crippen molar-refractivity contribution in [1.29, 1.82) is 0 Å². The van der Waals surface area contributed by atoms with E-state index in [1.165, 1.54) is 0 Å². The van der Waals surface area contributed by atoms with E-state index < -0.39 is 0 Å². The van der Waals surface area contributed by atoms with Crippen molar-refractivity contribution in [2.75, 3.05) is 0 Å². The topological polar surface area (TPSA) is 26.0 Å². The number of halogens is 1. The Morgan fingerprint density at radius 1 is 0.778 bits per heavy atom. The maximum atomic E-state index is 5.87. The second kappa shape index (κ2) is 4.94. The average molecular weight is 347 g/mol. The highest BCUT2D eigenvalue weighted by atomic mass is 127. The minimum atomic E-state index is 0.666. The van der Waals surface area contributed by atoms with Gasteiger partial charge in [-0.15, -0.1) is 0 Å². The van der Waals surface area contributed by atoms with Gasteiger partial charge in [0.05, 0.1) is 0 Å². The highest BCUT2D eigenvalue weighted by molar-refractivity contribution is 14.1. The first kappa shape index (κ1) is 11.5. The molecule has 0 bridgehead atoms. The van der Waals surface area contributed by atoms with Gasteiger partial charge in [0, 0.05) is 11.1 Å². The Morgan fingerprint density at radius 3 is 1.94 bits per heavy atom. The molecular weight excluding hydrogens is 337 g/mol. The number of hydrogen-bond donors (Lipinski definition) is 0. The minimum Gasteiger partial charge on any atom is -0.435 e. The molecule has 3 aromatic rings. The highest BCUT2D eigenvalue weighted by Crippen LogP contribution is 2.30. The van der Waals surface area contributed by atoms with Gasteiger partial charge >= 0.3 is 0 Å². The molecular formula is C15H10INO. The van der Waals surface area contributed by atoms with E-state index in [0.29, 0.717) is 5.89 Å². The van der Waals surface area contributed by atoms with Crippen LogP contribution in [-0.4, -0.2) is 4.98 Å². The van der Waals surface area contributed by atoms with E-state index >= 15 is 0 Å². The first-order valence-corrected chi connectivity index (χ1v) is 6.69. The molecule has 3 heteroatoms.